The maximum Gasteiger partial charge on any atom is 0.449 e. The third-order valence-electron chi connectivity index (χ3n) is 2.97. The van der Waals surface area contributed by atoms with Crippen LogP contribution in [0.15, 0.2) is 29.2 Å². The molecule has 0 saturated heterocycles. The first-order valence-corrected chi connectivity index (χ1v) is 5.98. The van der Waals surface area contributed by atoms with Gasteiger partial charge in [-0.1, -0.05) is 0 Å². The molecule has 0 atom stereocenters. The summed E-state index contributed by atoms with van der Waals surface area (Å²) >= 11 is 0. The number of rotatable bonds is 1. The molecule has 0 bridgehead atoms. The van der Waals surface area contributed by atoms with Gasteiger partial charge in [0.15, 0.2) is 0 Å². The Morgan fingerprint density at radius 1 is 1.19 bits per heavy atom. The number of pyridine rings is 1. The Morgan fingerprint density at radius 2 is 1.95 bits per heavy atom. The van der Waals surface area contributed by atoms with E-state index >= 15 is 0 Å². The molecule has 0 saturated carbocycles. The summed E-state index contributed by atoms with van der Waals surface area (Å²) in [5, 5.41) is 0.0764. The van der Waals surface area contributed by atoms with E-state index in [9.17, 15) is 18.0 Å². The Labute approximate surface area is 115 Å². The zero-order valence-corrected chi connectivity index (χ0v) is 10.7. The van der Waals surface area contributed by atoms with Crippen LogP contribution in [0.5, 0.6) is 0 Å². The highest BCUT2D eigenvalue weighted by Gasteiger charge is 2.34. The van der Waals surface area contributed by atoms with Gasteiger partial charge in [-0.2, -0.15) is 13.2 Å². The zero-order chi connectivity index (χ0) is 15.2. The van der Waals surface area contributed by atoms with Crippen molar-refractivity contribution < 1.29 is 13.2 Å². The summed E-state index contributed by atoms with van der Waals surface area (Å²) in [6.07, 6.45) is -3.12. The number of hydrogen-bond donors (Lipinski definition) is 2. The second-order valence-electron chi connectivity index (χ2n) is 4.54. The van der Waals surface area contributed by atoms with Crippen LogP contribution in [0.25, 0.3) is 22.3 Å². The molecule has 2 N–H and O–H groups in total. The van der Waals surface area contributed by atoms with Gasteiger partial charge in [-0.25, -0.2) is 4.98 Å². The topological polar surface area (TPSA) is 74.4 Å². The largest absolute Gasteiger partial charge is 0.449 e. The van der Waals surface area contributed by atoms with Crippen molar-refractivity contribution in [2.24, 2.45) is 0 Å². The van der Waals surface area contributed by atoms with Crippen molar-refractivity contribution in [3.63, 3.8) is 0 Å². The molecule has 0 amide bonds. The Morgan fingerprint density at radius 3 is 2.62 bits per heavy atom. The Bertz CT molecular complexity index is 879. The lowest BCUT2D eigenvalue weighted by Gasteiger charge is -2.03. The predicted molar refractivity (Wildman–Crippen MR) is 69.7 cm³/mol. The first-order valence-electron chi connectivity index (χ1n) is 5.98. The number of alkyl halides is 3. The molecule has 3 rings (SSSR count). The number of aromatic amines is 2. The van der Waals surface area contributed by atoms with Crippen molar-refractivity contribution >= 4 is 11.0 Å². The molecule has 0 aromatic carbocycles. The van der Waals surface area contributed by atoms with Crippen molar-refractivity contribution in [1.29, 1.82) is 0 Å². The maximum atomic E-state index is 12.6. The molecule has 3 aromatic heterocycles. The number of hydrogen-bond acceptors (Lipinski definition) is 3. The Balaban J connectivity index is 2.21. The Hall–Kier alpha value is -2.64. The van der Waals surface area contributed by atoms with E-state index in [2.05, 4.69) is 15.0 Å². The highest BCUT2D eigenvalue weighted by Crippen LogP contribution is 2.27. The predicted octanol–water partition coefficient (Wildman–Crippen LogP) is 2.64. The van der Waals surface area contributed by atoms with E-state index in [1.165, 1.54) is 6.07 Å². The van der Waals surface area contributed by atoms with Crippen LogP contribution < -0.4 is 5.56 Å². The number of fused-ring (bicyclic) bond motifs is 1. The molecule has 108 valence electrons. The lowest BCUT2D eigenvalue weighted by molar-refractivity contribution is -0.144. The number of nitrogens with zero attached hydrogens (tertiary/aromatic N) is 2. The van der Waals surface area contributed by atoms with Gasteiger partial charge in [0.1, 0.15) is 5.65 Å². The van der Waals surface area contributed by atoms with Gasteiger partial charge in [0.2, 0.25) is 5.82 Å². The second kappa shape index (κ2) is 4.44. The molecular formula is C13H9F3N4O. The van der Waals surface area contributed by atoms with Gasteiger partial charge in [0.05, 0.1) is 5.39 Å². The molecule has 0 unspecified atom stereocenters. The molecule has 0 aliphatic carbocycles. The lowest BCUT2D eigenvalue weighted by Crippen LogP contribution is -2.18. The number of aryl methyl sites for hydroxylation is 1. The SMILES string of the molecule is Cc1cc(-c2cc3c(=O)[nH]c(C(F)(F)F)nc3[nH]2)ccn1. The van der Waals surface area contributed by atoms with Gasteiger partial charge in [-0.3, -0.25) is 9.78 Å². The van der Waals surface area contributed by atoms with Crippen LogP contribution >= 0.6 is 0 Å². The second-order valence-corrected chi connectivity index (χ2v) is 4.54. The van der Waals surface area contributed by atoms with Crippen LogP contribution in [-0.2, 0) is 6.18 Å². The number of halogens is 3. The van der Waals surface area contributed by atoms with E-state index in [1.54, 1.807) is 30.2 Å². The smallest absolute Gasteiger partial charge is 0.339 e. The minimum Gasteiger partial charge on any atom is -0.339 e. The van der Waals surface area contributed by atoms with E-state index in [0.29, 0.717) is 11.3 Å². The molecule has 21 heavy (non-hydrogen) atoms. The summed E-state index contributed by atoms with van der Waals surface area (Å²) in [5.41, 5.74) is 1.04. The average molecular weight is 294 g/mol. The van der Waals surface area contributed by atoms with E-state index < -0.39 is 17.6 Å². The molecule has 0 radical (unpaired) electrons. The standard InChI is InChI=1S/C13H9F3N4O/c1-6-4-7(2-3-17-6)9-5-8-10(18-9)19-12(13(14,15)16)20-11(8)21/h2-5H,1H3,(H2,18,19,20,21). The summed E-state index contributed by atoms with van der Waals surface area (Å²) < 4.78 is 37.9. The van der Waals surface area contributed by atoms with Crippen LogP contribution in [-0.4, -0.2) is 19.9 Å². The monoisotopic (exact) mass is 294 g/mol. The highest BCUT2D eigenvalue weighted by atomic mass is 19.4. The molecule has 5 nitrogen and oxygen atoms in total. The number of H-pyrrole nitrogens is 2. The van der Waals surface area contributed by atoms with E-state index in [4.69, 9.17) is 0 Å². The minimum atomic E-state index is -4.70. The third-order valence-corrected chi connectivity index (χ3v) is 2.97. The zero-order valence-electron chi connectivity index (χ0n) is 10.7. The molecule has 3 heterocycles. The lowest BCUT2D eigenvalue weighted by atomic mass is 10.2. The summed E-state index contributed by atoms with van der Waals surface area (Å²) in [5.74, 6) is -1.32. The third kappa shape index (κ3) is 2.39. The maximum absolute atomic E-state index is 12.6. The van der Waals surface area contributed by atoms with Crippen LogP contribution in [0.3, 0.4) is 0 Å². The van der Waals surface area contributed by atoms with Gasteiger partial charge in [-0.05, 0) is 25.1 Å². The van der Waals surface area contributed by atoms with Crippen LogP contribution in [0.1, 0.15) is 11.5 Å². The van der Waals surface area contributed by atoms with Crippen molar-refractivity contribution in [1.82, 2.24) is 19.9 Å². The van der Waals surface area contributed by atoms with E-state index in [0.717, 1.165) is 5.69 Å². The molecule has 3 aromatic rings. The first-order chi connectivity index (χ1) is 9.84. The van der Waals surface area contributed by atoms with Crippen molar-refractivity contribution in [2.75, 3.05) is 0 Å². The summed E-state index contributed by atoms with van der Waals surface area (Å²) in [4.78, 5) is 23.7. The van der Waals surface area contributed by atoms with Crippen LogP contribution in [0, 0.1) is 6.92 Å². The fourth-order valence-corrected chi connectivity index (χ4v) is 2.02. The number of aromatic nitrogens is 4. The number of nitrogens with one attached hydrogen (secondary N) is 2. The molecule has 0 aliphatic rings. The van der Waals surface area contributed by atoms with E-state index in [-0.39, 0.29) is 11.0 Å². The summed E-state index contributed by atoms with van der Waals surface area (Å²) in [6, 6.07) is 4.91. The Kier molecular flexibility index (Phi) is 2.82. The van der Waals surface area contributed by atoms with Crippen LogP contribution in [0.2, 0.25) is 0 Å². The van der Waals surface area contributed by atoms with Crippen molar-refractivity contribution in [2.45, 2.75) is 13.1 Å². The van der Waals surface area contributed by atoms with Gasteiger partial charge < -0.3 is 9.97 Å². The molecule has 0 aliphatic heterocycles. The molecule has 0 spiro atoms. The minimum absolute atomic E-state index is 0.0764. The van der Waals surface area contributed by atoms with Crippen molar-refractivity contribution in [3.8, 4) is 11.3 Å². The fourth-order valence-electron chi connectivity index (χ4n) is 2.02. The molecule has 8 heteroatoms. The highest BCUT2D eigenvalue weighted by molar-refractivity contribution is 5.82. The van der Waals surface area contributed by atoms with Crippen LogP contribution in [0.4, 0.5) is 13.2 Å². The van der Waals surface area contributed by atoms with Gasteiger partial charge in [0, 0.05) is 23.1 Å². The normalized spacial score (nSPS) is 12.0. The van der Waals surface area contributed by atoms with Gasteiger partial charge in [0.25, 0.3) is 5.56 Å². The fraction of sp³-hybridized carbons (Fsp3) is 0.154. The summed E-state index contributed by atoms with van der Waals surface area (Å²) in [6.45, 7) is 1.79. The van der Waals surface area contributed by atoms with Gasteiger partial charge >= 0.3 is 6.18 Å². The molecule has 0 fully saturated rings. The van der Waals surface area contributed by atoms with Gasteiger partial charge in [-0.15, -0.1) is 0 Å². The first kappa shape index (κ1) is 13.3. The molecular weight excluding hydrogens is 285 g/mol. The average Bonchev–Trinajstić information content (AvgIpc) is 2.82. The summed E-state index contributed by atoms with van der Waals surface area (Å²) in [7, 11) is 0. The quantitative estimate of drug-likeness (QED) is 0.724. The van der Waals surface area contributed by atoms with E-state index in [1.807, 2.05) is 0 Å². The van der Waals surface area contributed by atoms with Crippen molar-refractivity contribution in [3.05, 3.63) is 46.3 Å².